The second-order valence-corrected chi connectivity index (χ2v) is 3.96. The molecule has 82 valence electrons. The molecule has 1 aliphatic rings. The van der Waals surface area contributed by atoms with Gasteiger partial charge in [0.25, 0.3) is 0 Å². The Balaban J connectivity index is 2.22. The first-order valence-electron chi connectivity index (χ1n) is 5.32. The number of hydrogen-bond acceptors (Lipinski definition) is 2. The molecule has 2 N–H and O–H groups in total. The minimum atomic E-state index is -0.795. The van der Waals surface area contributed by atoms with Crippen molar-refractivity contribution in [3.05, 3.63) is 0 Å². The maximum atomic E-state index is 10.7. The van der Waals surface area contributed by atoms with E-state index in [1.807, 2.05) is 0 Å². The highest BCUT2D eigenvalue weighted by molar-refractivity contribution is 5.65. The van der Waals surface area contributed by atoms with Crippen molar-refractivity contribution in [2.75, 3.05) is 19.7 Å². The Hall–Kier alpha value is -0.770. The minimum Gasteiger partial charge on any atom is -0.465 e. The van der Waals surface area contributed by atoms with E-state index in [1.165, 1.54) is 4.90 Å². The lowest BCUT2D eigenvalue weighted by Gasteiger charge is -2.30. The number of rotatable bonds is 4. The molecule has 4 heteroatoms. The summed E-state index contributed by atoms with van der Waals surface area (Å²) in [7, 11) is 0. The van der Waals surface area contributed by atoms with Gasteiger partial charge in [0.2, 0.25) is 0 Å². The highest BCUT2D eigenvalue weighted by atomic mass is 16.4. The highest BCUT2D eigenvalue weighted by Crippen LogP contribution is 2.21. The number of unbranched alkanes of at least 4 members (excludes halogenated alkanes) is 1. The molecule has 0 aromatic heterocycles. The fourth-order valence-corrected chi connectivity index (χ4v) is 2.02. The van der Waals surface area contributed by atoms with Crippen LogP contribution in [0, 0.1) is 5.92 Å². The van der Waals surface area contributed by atoms with E-state index in [0.717, 1.165) is 32.1 Å². The summed E-state index contributed by atoms with van der Waals surface area (Å²) in [5.74, 6) is 0.506. The van der Waals surface area contributed by atoms with Crippen molar-refractivity contribution in [2.45, 2.75) is 32.1 Å². The predicted molar refractivity (Wildman–Crippen MR) is 53.3 cm³/mol. The van der Waals surface area contributed by atoms with Crippen molar-refractivity contribution in [2.24, 2.45) is 5.92 Å². The average Bonchev–Trinajstić information content (AvgIpc) is 2.19. The van der Waals surface area contributed by atoms with Crippen molar-refractivity contribution in [1.29, 1.82) is 0 Å². The molecule has 4 nitrogen and oxygen atoms in total. The molecule has 1 rings (SSSR count). The largest absolute Gasteiger partial charge is 0.465 e. The molecule has 1 aliphatic heterocycles. The summed E-state index contributed by atoms with van der Waals surface area (Å²) in [6.07, 6.45) is 4.21. The van der Waals surface area contributed by atoms with Gasteiger partial charge in [-0.2, -0.15) is 0 Å². The topological polar surface area (TPSA) is 60.8 Å². The lowest BCUT2D eigenvalue weighted by molar-refractivity contribution is 0.117. The lowest BCUT2D eigenvalue weighted by atomic mass is 9.93. The summed E-state index contributed by atoms with van der Waals surface area (Å²) in [5, 5.41) is 17.4. The molecule has 14 heavy (non-hydrogen) atoms. The second-order valence-electron chi connectivity index (χ2n) is 3.96. The third-order valence-corrected chi connectivity index (χ3v) is 2.81. The van der Waals surface area contributed by atoms with Gasteiger partial charge in [-0.25, -0.2) is 4.79 Å². The quantitative estimate of drug-likeness (QED) is 0.678. The molecule has 1 atom stereocenters. The number of likely N-dealkylation sites (tertiary alicyclic amines) is 1. The molecule has 0 saturated carbocycles. The standard InChI is InChI=1S/C10H19NO3/c12-7-2-1-4-9-5-3-6-11(8-9)10(13)14/h9,12H,1-8H2,(H,13,14). The smallest absolute Gasteiger partial charge is 0.407 e. The zero-order chi connectivity index (χ0) is 10.4. The number of amides is 1. The molecule has 0 bridgehead atoms. The van der Waals surface area contributed by atoms with Crippen LogP contribution in [-0.4, -0.2) is 40.9 Å². The number of carbonyl (C=O) groups is 1. The van der Waals surface area contributed by atoms with E-state index < -0.39 is 6.09 Å². The van der Waals surface area contributed by atoms with Crippen LogP contribution < -0.4 is 0 Å². The SMILES string of the molecule is O=C(O)N1CCCC(CCCCO)C1. The Kier molecular flexibility index (Phi) is 4.73. The highest BCUT2D eigenvalue weighted by Gasteiger charge is 2.22. The monoisotopic (exact) mass is 201 g/mol. The van der Waals surface area contributed by atoms with E-state index in [9.17, 15) is 4.79 Å². The van der Waals surface area contributed by atoms with Crippen LogP contribution in [-0.2, 0) is 0 Å². The zero-order valence-corrected chi connectivity index (χ0v) is 8.48. The van der Waals surface area contributed by atoms with Gasteiger partial charge in [0, 0.05) is 19.7 Å². The van der Waals surface area contributed by atoms with E-state index in [-0.39, 0.29) is 6.61 Å². The molecule has 1 heterocycles. The first-order valence-corrected chi connectivity index (χ1v) is 5.32. The molecule has 0 aromatic carbocycles. The molecular formula is C10H19NO3. The fraction of sp³-hybridized carbons (Fsp3) is 0.900. The lowest BCUT2D eigenvalue weighted by Crippen LogP contribution is -2.38. The van der Waals surface area contributed by atoms with Crippen LogP contribution in [0.25, 0.3) is 0 Å². The summed E-state index contributed by atoms with van der Waals surface area (Å²) in [6, 6.07) is 0. The van der Waals surface area contributed by atoms with Gasteiger partial charge in [0.1, 0.15) is 0 Å². The second kappa shape index (κ2) is 5.86. The van der Waals surface area contributed by atoms with E-state index in [1.54, 1.807) is 0 Å². The van der Waals surface area contributed by atoms with Crippen LogP contribution in [0.4, 0.5) is 4.79 Å². The number of carboxylic acid groups (broad SMARTS) is 1. The minimum absolute atomic E-state index is 0.245. The normalized spacial score (nSPS) is 22.4. The van der Waals surface area contributed by atoms with Crippen LogP contribution in [0.15, 0.2) is 0 Å². The van der Waals surface area contributed by atoms with Gasteiger partial charge in [0.15, 0.2) is 0 Å². The summed E-state index contributed by atoms with van der Waals surface area (Å²) < 4.78 is 0. The van der Waals surface area contributed by atoms with Crippen LogP contribution >= 0.6 is 0 Å². The molecule has 1 fully saturated rings. The van der Waals surface area contributed by atoms with Gasteiger partial charge in [-0.05, 0) is 31.6 Å². The van der Waals surface area contributed by atoms with E-state index in [0.29, 0.717) is 19.0 Å². The molecule has 0 spiro atoms. The number of aliphatic hydroxyl groups excluding tert-OH is 1. The summed E-state index contributed by atoms with van der Waals surface area (Å²) in [5.41, 5.74) is 0. The van der Waals surface area contributed by atoms with Crippen molar-refractivity contribution in [1.82, 2.24) is 4.90 Å². The summed E-state index contributed by atoms with van der Waals surface area (Å²) in [4.78, 5) is 12.2. The van der Waals surface area contributed by atoms with Crippen LogP contribution in [0.5, 0.6) is 0 Å². The van der Waals surface area contributed by atoms with Gasteiger partial charge in [-0.3, -0.25) is 0 Å². The molecule has 1 unspecified atom stereocenters. The Morgan fingerprint density at radius 1 is 1.43 bits per heavy atom. The third-order valence-electron chi connectivity index (χ3n) is 2.81. The maximum absolute atomic E-state index is 10.7. The Bertz CT molecular complexity index is 184. The van der Waals surface area contributed by atoms with Gasteiger partial charge in [0.05, 0.1) is 0 Å². The number of piperidine rings is 1. The van der Waals surface area contributed by atoms with Gasteiger partial charge < -0.3 is 15.1 Å². The predicted octanol–water partition coefficient (Wildman–Crippen LogP) is 1.54. The third kappa shape index (κ3) is 3.54. The van der Waals surface area contributed by atoms with Crippen molar-refractivity contribution in [3.63, 3.8) is 0 Å². The molecular weight excluding hydrogens is 182 g/mol. The Morgan fingerprint density at radius 2 is 2.21 bits per heavy atom. The van der Waals surface area contributed by atoms with Crippen molar-refractivity contribution < 1.29 is 15.0 Å². The first kappa shape index (κ1) is 11.3. The summed E-state index contributed by atoms with van der Waals surface area (Å²) >= 11 is 0. The fourth-order valence-electron chi connectivity index (χ4n) is 2.02. The molecule has 0 aromatic rings. The van der Waals surface area contributed by atoms with Gasteiger partial charge in [-0.15, -0.1) is 0 Å². The number of hydrogen-bond donors (Lipinski definition) is 2. The first-order chi connectivity index (χ1) is 6.74. The maximum Gasteiger partial charge on any atom is 0.407 e. The molecule has 0 aliphatic carbocycles. The van der Waals surface area contributed by atoms with Gasteiger partial charge in [-0.1, -0.05) is 6.42 Å². The Morgan fingerprint density at radius 3 is 2.86 bits per heavy atom. The number of nitrogens with zero attached hydrogens (tertiary/aromatic N) is 1. The van der Waals surface area contributed by atoms with Crippen LogP contribution in [0.2, 0.25) is 0 Å². The molecule has 1 saturated heterocycles. The van der Waals surface area contributed by atoms with Crippen molar-refractivity contribution in [3.8, 4) is 0 Å². The zero-order valence-electron chi connectivity index (χ0n) is 8.48. The van der Waals surface area contributed by atoms with Crippen LogP contribution in [0.3, 0.4) is 0 Å². The molecule has 1 amide bonds. The summed E-state index contributed by atoms with van der Waals surface area (Å²) in [6.45, 7) is 1.61. The Labute approximate surface area is 84.5 Å². The van der Waals surface area contributed by atoms with E-state index >= 15 is 0 Å². The molecule has 0 radical (unpaired) electrons. The van der Waals surface area contributed by atoms with Crippen molar-refractivity contribution >= 4 is 6.09 Å². The average molecular weight is 201 g/mol. The van der Waals surface area contributed by atoms with Gasteiger partial charge >= 0.3 is 6.09 Å². The van der Waals surface area contributed by atoms with Crippen LogP contribution in [0.1, 0.15) is 32.1 Å². The van der Waals surface area contributed by atoms with E-state index in [2.05, 4.69) is 0 Å². The number of aliphatic hydroxyl groups is 1. The van der Waals surface area contributed by atoms with E-state index in [4.69, 9.17) is 10.2 Å².